The van der Waals surface area contributed by atoms with Gasteiger partial charge in [-0.3, -0.25) is 9.36 Å². The van der Waals surface area contributed by atoms with Gasteiger partial charge in [0.05, 0.1) is 24.0 Å². The van der Waals surface area contributed by atoms with Gasteiger partial charge in [-0.2, -0.15) is 0 Å². The second-order valence-electron chi connectivity index (χ2n) is 7.40. The Balaban J connectivity index is 1.34. The van der Waals surface area contributed by atoms with Crippen LogP contribution in [-0.2, 0) is 26.0 Å². The number of ether oxygens (including phenoxy) is 1. The number of benzene rings is 1. The van der Waals surface area contributed by atoms with Crippen molar-refractivity contribution in [2.45, 2.75) is 45.3 Å². The Morgan fingerprint density at radius 1 is 1.13 bits per heavy atom. The zero-order valence-corrected chi connectivity index (χ0v) is 17.9. The molecule has 0 unspecified atom stereocenters. The fourth-order valence-electron chi connectivity index (χ4n) is 3.81. The maximum atomic E-state index is 13.2. The molecule has 0 atom stereocenters. The number of hydrogen-bond donors (Lipinski definition) is 0. The van der Waals surface area contributed by atoms with Crippen molar-refractivity contribution in [3.8, 4) is 5.75 Å². The van der Waals surface area contributed by atoms with Crippen molar-refractivity contribution in [2.75, 3.05) is 0 Å². The van der Waals surface area contributed by atoms with Crippen LogP contribution in [0.15, 0.2) is 40.8 Å². The van der Waals surface area contributed by atoms with Gasteiger partial charge in [-0.05, 0) is 55.5 Å². The third-order valence-corrected chi connectivity index (χ3v) is 7.37. The lowest BCUT2D eigenvalue weighted by atomic mass is 10.1. The van der Waals surface area contributed by atoms with Gasteiger partial charge in [-0.25, -0.2) is 14.4 Å². The number of thiazole rings is 1. The lowest BCUT2D eigenvalue weighted by Crippen LogP contribution is -2.21. The molecule has 30 heavy (non-hydrogen) atoms. The van der Waals surface area contributed by atoms with Gasteiger partial charge in [0.25, 0.3) is 5.56 Å². The van der Waals surface area contributed by atoms with E-state index in [1.807, 2.05) is 5.38 Å². The summed E-state index contributed by atoms with van der Waals surface area (Å²) in [6, 6.07) is 5.91. The van der Waals surface area contributed by atoms with E-state index in [1.54, 1.807) is 34.4 Å². The minimum absolute atomic E-state index is 0.0245. The highest BCUT2D eigenvalue weighted by Gasteiger charge is 2.19. The molecule has 8 heteroatoms. The van der Waals surface area contributed by atoms with Gasteiger partial charge in [0.15, 0.2) is 0 Å². The minimum Gasteiger partial charge on any atom is -0.486 e. The van der Waals surface area contributed by atoms with Crippen LogP contribution >= 0.6 is 22.7 Å². The van der Waals surface area contributed by atoms with Crippen molar-refractivity contribution in [1.82, 2.24) is 14.5 Å². The van der Waals surface area contributed by atoms with E-state index in [4.69, 9.17) is 4.74 Å². The Hall–Kier alpha value is -2.58. The van der Waals surface area contributed by atoms with Gasteiger partial charge >= 0.3 is 0 Å². The maximum Gasteiger partial charge on any atom is 0.262 e. The molecule has 0 aliphatic heterocycles. The summed E-state index contributed by atoms with van der Waals surface area (Å²) in [7, 11) is 0. The summed E-state index contributed by atoms with van der Waals surface area (Å²) in [5.74, 6) is 0.301. The van der Waals surface area contributed by atoms with Crippen molar-refractivity contribution >= 4 is 32.9 Å². The summed E-state index contributed by atoms with van der Waals surface area (Å²) >= 11 is 3.16. The van der Waals surface area contributed by atoms with E-state index < -0.39 is 0 Å². The average molecular weight is 442 g/mol. The van der Waals surface area contributed by atoms with Crippen LogP contribution in [0.1, 0.15) is 40.4 Å². The first-order valence-corrected chi connectivity index (χ1v) is 11.7. The fourth-order valence-corrected chi connectivity index (χ4v) is 5.72. The largest absolute Gasteiger partial charge is 0.486 e. The van der Waals surface area contributed by atoms with E-state index in [0.29, 0.717) is 18.9 Å². The van der Waals surface area contributed by atoms with E-state index >= 15 is 0 Å². The third-order valence-electron chi connectivity index (χ3n) is 5.30. The van der Waals surface area contributed by atoms with Gasteiger partial charge in [0.2, 0.25) is 0 Å². The predicted molar refractivity (Wildman–Crippen MR) is 117 cm³/mol. The highest BCUT2D eigenvalue weighted by atomic mass is 32.1. The van der Waals surface area contributed by atoms with Crippen LogP contribution in [0.5, 0.6) is 5.75 Å². The molecular weight excluding hydrogens is 421 g/mol. The van der Waals surface area contributed by atoms with Crippen LogP contribution in [0.2, 0.25) is 0 Å². The smallest absolute Gasteiger partial charge is 0.262 e. The summed E-state index contributed by atoms with van der Waals surface area (Å²) in [5, 5.41) is 3.55. The molecule has 0 fully saturated rings. The number of rotatable bonds is 5. The zero-order valence-electron chi connectivity index (χ0n) is 16.3. The van der Waals surface area contributed by atoms with Crippen LogP contribution in [-0.4, -0.2) is 14.5 Å². The third kappa shape index (κ3) is 3.89. The Kier molecular flexibility index (Phi) is 5.35. The van der Waals surface area contributed by atoms with Gasteiger partial charge in [-0.15, -0.1) is 22.7 Å². The Labute approximate surface area is 180 Å². The lowest BCUT2D eigenvalue weighted by molar-refractivity contribution is 0.305. The summed E-state index contributed by atoms with van der Waals surface area (Å²) in [6.07, 6.45) is 7.21. The summed E-state index contributed by atoms with van der Waals surface area (Å²) in [5.41, 5.74) is 2.05. The maximum absolute atomic E-state index is 13.2. The predicted octanol–water partition coefficient (Wildman–Crippen LogP) is 4.95. The molecular formula is C22H20FN3O2S2. The SMILES string of the molecule is O=c1c2c3c(sc2ncn1Cc1csc(COc2ccc(F)cc2)n1)CCCCC3. The van der Waals surface area contributed by atoms with E-state index in [-0.39, 0.29) is 11.4 Å². The molecule has 1 aliphatic rings. The molecule has 0 saturated carbocycles. The van der Waals surface area contributed by atoms with Crippen LogP contribution < -0.4 is 10.3 Å². The first kappa shape index (κ1) is 19.4. The second kappa shape index (κ2) is 8.28. The molecule has 4 aromatic rings. The van der Waals surface area contributed by atoms with Gasteiger partial charge in [0.1, 0.15) is 28.0 Å². The minimum atomic E-state index is -0.294. The zero-order chi connectivity index (χ0) is 20.5. The number of fused-ring (bicyclic) bond motifs is 3. The number of halogens is 1. The van der Waals surface area contributed by atoms with Crippen LogP contribution in [0.4, 0.5) is 4.39 Å². The number of hydrogen-bond acceptors (Lipinski definition) is 6. The molecule has 3 aromatic heterocycles. The van der Waals surface area contributed by atoms with Crippen molar-refractivity contribution < 1.29 is 9.13 Å². The summed E-state index contributed by atoms with van der Waals surface area (Å²) in [6.45, 7) is 0.694. The molecule has 5 nitrogen and oxygen atoms in total. The number of aromatic nitrogens is 3. The molecule has 1 aromatic carbocycles. The second-order valence-corrected chi connectivity index (χ2v) is 9.42. The van der Waals surface area contributed by atoms with Gasteiger partial charge < -0.3 is 4.74 Å². The van der Waals surface area contributed by atoms with Gasteiger partial charge in [-0.1, -0.05) is 6.42 Å². The van der Waals surface area contributed by atoms with Crippen molar-refractivity contribution in [3.63, 3.8) is 0 Å². The number of aryl methyl sites for hydroxylation is 2. The highest BCUT2D eigenvalue weighted by Crippen LogP contribution is 2.32. The van der Waals surface area contributed by atoms with E-state index in [0.717, 1.165) is 40.2 Å². The van der Waals surface area contributed by atoms with E-state index in [1.165, 1.54) is 46.8 Å². The van der Waals surface area contributed by atoms with E-state index in [2.05, 4.69) is 9.97 Å². The molecule has 5 rings (SSSR count). The first-order valence-electron chi connectivity index (χ1n) is 9.99. The summed E-state index contributed by atoms with van der Waals surface area (Å²) < 4.78 is 20.3. The number of nitrogens with zero attached hydrogens (tertiary/aromatic N) is 3. The highest BCUT2D eigenvalue weighted by molar-refractivity contribution is 7.18. The average Bonchev–Trinajstić information content (AvgIpc) is 3.27. The Morgan fingerprint density at radius 2 is 1.97 bits per heavy atom. The van der Waals surface area contributed by atoms with Crippen LogP contribution in [0, 0.1) is 5.82 Å². The molecule has 0 N–H and O–H groups in total. The fraction of sp³-hybridized carbons (Fsp3) is 0.318. The van der Waals surface area contributed by atoms with Crippen molar-refractivity contribution in [3.05, 3.63) is 73.3 Å². The number of thiophene rings is 1. The standard InChI is InChI=1S/C22H20FN3O2S2/c23-14-6-8-16(9-7-14)28-11-19-25-15(12-29-19)10-26-13-24-21-20(22(26)27)17-4-2-1-3-5-18(17)30-21/h6-9,12-13H,1-5,10-11H2. The first-order chi connectivity index (χ1) is 14.7. The lowest BCUT2D eigenvalue weighted by Gasteiger charge is -2.05. The molecule has 0 spiro atoms. The summed E-state index contributed by atoms with van der Waals surface area (Å²) in [4.78, 5) is 24.5. The molecule has 3 heterocycles. The Morgan fingerprint density at radius 3 is 2.83 bits per heavy atom. The molecule has 0 saturated heterocycles. The molecule has 1 aliphatic carbocycles. The van der Waals surface area contributed by atoms with Crippen molar-refractivity contribution in [1.29, 1.82) is 0 Å². The van der Waals surface area contributed by atoms with Crippen LogP contribution in [0.25, 0.3) is 10.2 Å². The molecule has 154 valence electrons. The van der Waals surface area contributed by atoms with Gasteiger partial charge in [0, 0.05) is 10.3 Å². The molecule has 0 amide bonds. The van der Waals surface area contributed by atoms with Crippen LogP contribution in [0.3, 0.4) is 0 Å². The molecule has 0 bridgehead atoms. The normalized spacial score (nSPS) is 13.9. The monoisotopic (exact) mass is 441 g/mol. The quantitative estimate of drug-likeness (QED) is 0.411. The topological polar surface area (TPSA) is 57.0 Å². The molecule has 0 radical (unpaired) electrons. The van der Waals surface area contributed by atoms with E-state index in [9.17, 15) is 9.18 Å². The Bertz CT molecular complexity index is 1240. The van der Waals surface area contributed by atoms with Crippen molar-refractivity contribution in [2.24, 2.45) is 0 Å².